The van der Waals surface area contributed by atoms with Gasteiger partial charge in [-0.25, -0.2) is 4.98 Å². The van der Waals surface area contributed by atoms with E-state index in [0.717, 1.165) is 36.2 Å². The van der Waals surface area contributed by atoms with Crippen LogP contribution < -0.4 is 5.32 Å². The van der Waals surface area contributed by atoms with Crippen LogP contribution in [-0.4, -0.2) is 21.3 Å². The highest BCUT2D eigenvalue weighted by molar-refractivity contribution is 9.10. The molecule has 4 nitrogen and oxygen atoms in total. The Morgan fingerprint density at radius 3 is 2.65 bits per heavy atom. The van der Waals surface area contributed by atoms with Gasteiger partial charge in [0.2, 0.25) is 0 Å². The van der Waals surface area contributed by atoms with Crippen molar-refractivity contribution in [3.05, 3.63) is 46.5 Å². The summed E-state index contributed by atoms with van der Waals surface area (Å²) in [5.41, 5.74) is 1.28. The smallest absolute Gasteiger partial charge is 0.138 e. The zero-order chi connectivity index (χ0) is 14.4. The molecular weight excluding hydrogens is 316 g/mol. The van der Waals surface area contributed by atoms with Crippen molar-refractivity contribution in [3.8, 4) is 0 Å². The van der Waals surface area contributed by atoms with Gasteiger partial charge in [-0.15, -0.1) is 0 Å². The maximum atomic E-state index is 4.38. The molecule has 0 amide bonds. The lowest BCUT2D eigenvalue weighted by atomic mass is 10.0. The van der Waals surface area contributed by atoms with Crippen molar-refractivity contribution in [2.45, 2.75) is 39.3 Å². The van der Waals surface area contributed by atoms with Crippen LogP contribution in [-0.2, 0) is 13.0 Å². The quantitative estimate of drug-likeness (QED) is 0.843. The Labute approximate surface area is 128 Å². The molecule has 0 saturated heterocycles. The van der Waals surface area contributed by atoms with Gasteiger partial charge in [-0.05, 0) is 37.6 Å². The van der Waals surface area contributed by atoms with Crippen molar-refractivity contribution in [2.24, 2.45) is 0 Å². The zero-order valence-corrected chi connectivity index (χ0v) is 13.6. The molecule has 0 saturated carbocycles. The van der Waals surface area contributed by atoms with Crippen LogP contribution in [0.1, 0.15) is 37.7 Å². The van der Waals surface area contributed by atoms with Crippen molar-refractivity contribution < 1.29 is 0 Å². The lowest BCUT2D eigenvalue weighted by Crippen LogP contribution is -2.25. The molecule has 1 unspecified atom stereocenters. The van der Waals surface area contributed by atoms with Gasteiger partial charge in [0.1, 0.15) is 12.2 Å². The van der Waals surface area contributed by atoms with Gasteiger partial charge in [0.05, 0.1) is 0 Å². The lowest BCUT2D eigenvalue weighted by molar-refractivity contribution is 0.497. The third-order valence-corrected chi connectivity index (χ3v) is 3.82. The Morgan fingerprint density at radius 1 is 1.25 bits per heavy atom. The summed E-state index contributed by atoms with van der Waals surface area (Å²) < 4.78 is 3.06. The molecule has 1 N–H and O–H groups in total. The lowest BCUT2D eigenvalue weighted by Gasteiger charge is -2.19. The number of aryl methyl sites for hydroxylation is 1. The molecule has 2 rings (SSSR count). The topological polar surface area (TPSA) is 42.7 Å². The summed E-state index contributed by atoms with van der Waals surface area (Å²) in [5, 5.41) is 7.84. The van der Waals surface area contributed by atoms with Crippen LogP contribution in [0.2, 0.25) is 0 Å². The van der Waals surface area contributed by atoms with E-state index in [9.17, 15) is 0 Å². The van der Waals surface area contributed by atoms with E-state index in [4.69, 9.17) is 0 Å². The first-order valence-corrected chi connectivity index (χ1v) is 7.89. The number of nitrogens with one attached hydrogen (secondary N) is 1. The van der Waals surface area contributed by atoms with Crippen LogP contribution in [0, 0.1) is 0 Å². The average Bonchev–Trinajstić information content (AvgIpc) is 2.91. The Hall–Kier alpha value is -1.20. The summed E-state index contributed by atoms with van der Waals surface area (Å²) in [6.07, 6.45) is 3.61. The van der Waals surface area contributed by atoms with Crippen LogP contribution in [0.4, 0.5) is 0 Å². The van der Waals surface area contributed by atoms with E-state index in [1.807, 2.05) is 4.68 Å². The standard InChI is InChI=1S/C15H21BrN4/c1-3-9-17-14(12-5-7-13(16)8-6-12)10-15-18-11-19-20(15)4-2/h5-8,11,14,17H,3-4,9-10H2,1-2H3. The summed E-state index contributed by atoms with van der Waals surface area (Å²) >= 11 is 3.48. The summed E-state index contributed by atoms with van der Waals surface area (Å²) in [7, 11) is 0. The minimum Gasteiger partial charge on any atom is -0.310 e. The van der Waals surface area contributed by atoms with Crippen LogP contribution in [0.15, 0.2) is 35.1 Å². The first-order chi connectivity index (χ1) is 9.74. The molecule has 0 aliphatic rings. The molecule has 1 atom stereocenters. The second-order valence-corrected chi connectivity index (χ2v) is 5.67. The molecule has 108 valence electrons. The Bertz CT molecular complexity index is 521. The fourth-order valence-electron chi connectivity index (χ4n) is 2.21. The van der Waals surface area contributed by atoms with Gasteiger partial charge in [0.25, 0.3) is 0 Å². The Kier molecular flexibility index (Phi) is 5.73. The third-order valence-electron chi connectivity index (χ3n) is 3.30. The molecule has 0 spiro atoms. The molecule has 1 aromatic carbocycles. The van der Waals surface area contributed by atoms with Crippen molar-refractivity contribution in [1.29, 1.82) is 0 Å². The molecule has 0 aliphatic heterocycles. The maximum Gasteiger partial charge on any atom is 0.138 e. The highest BCUT2D eigenvalue weighted by atomic mass is 79.9. The number of hydrogen-bond donors (Lipinski definition) is 1. The fraction of sp³-hybridized carbons (Fsp3) is 0.467. The summed E-state index contributed by atoms with van der Waals surface area (Å²) in [5.74, 6) is 1.03. The number of hydrogen-bond acceptors (Lipinski definition) is 3. The van der Waals surface area contributed by atoms with Gasteiger partial charge in [-0.3, -0.25) is 4.68 Å². The summed E-state index contributed by atoms with van der Waals surface area (Å²) in [4.78, 5) is 4.38. The van der Waals surface area contributed by atoms with Gasteiger partial charge >= 0.3 is 0 Å². The van der Waals surface area contributed by atoms with E-state index >= 15 is 0 Å². The number of halogens is 1. The van der Waals surface area contributed by atoms with Gasteiger partial charge < -0.3 is 5.32 Å². The number of benzene rings is 1. The van der Waals surface area contributed by atoms with Crippen LogP contribution in [0.5, 0.6) is 0 Å². The largest absolute Gasteiger partial charge is 0.310 e. The van der Waals surface area contributed by atoms with Gasteiger partial charge in [0, 0.05) is 23.5 Å². The molecule has 0 bridgehead atoms. The fourth-order valence-corrected chi connectivity index (χ4v) is 2.48. The second-order valence-electron chi connectivity index (χ2n) is 4.75. The number of rotatable bonds is 7. The van der Waals surface area contributed by atoms with E-state index in [2.05, 4.69) is 69.4 Å². The van der Waals surface area contributed by atoms with E-state index < -0.39 is 0 Å². The van der Waals surface area contributed by atoms with Gasteiger partial charge in [0.15, 0.2) is 0 Å². The predicted molar refractivity (Wildman–Crippen MR) is 84.6 cm³/mol. The van der Waals surface area contributed by atoms with Crippen LogP contribution in [0.25, 0.3) is 0 Å². The summed E-state index contributed by atoms with van der Waals surface area (Å²) in [6.45, 7) is 6.13. The van der Waals surface area contributed by atoms with Crippen molar-refractivity contribution >= 4 is 15.9 Å². The monoisotopic (exact) mass is 336 g/mol. The molecule has 0 aliphatic carbocycles. The molecule has 0 fully saturated rings. The molecule has 1 aromatic heterocycles. The molecular formula is C15H21BrN4. The summed E-state index contributed by atoms with van der Waals surface area (Å²) in [6, 6.07) is 8.76. The molecule has 1 heterocycles. The Balaban J connectivity index is 2.17. The van der Waals surface area contributed by atoms with Gasteiger partial charge in [-0.1, -0.05) is 35.0 Å². The number of nitrogens with zero attached hydrogens (tertiary/aromatic N) is 3. The SMILES string of the molecule is CCCNC(Cc1ncnn1CC)c1ccc(Br)cc1. The first kappa shape index (κ1) is 15.2. The second kappa shape index (κ2) is 7.55. The zero-order valence-electron chi connectivity index (χ0n) is 12.0. The van der Waals surface area contributed by atoms with E-state index in [1.54, 1.807) is 6.33 Å². The molecule has 2 aromatic rings. The van der Waals surface area contributed by atoms with E-state index in [1.165, 1.54) is 5.56 Å². The maximum absolute atomic E-state index is 4.38. The van der Waals surface area contributed by atoms with Crippen molar-refractivity contribution in [1.82, 2.24) is 20.1 Å². The van der Waals surface area contributed by atoms with E-state index in [0.29, 0.717) is 0 Å². The van der Waals surface area contributed by atoms with E-state index in [-0.39, 0.29) is 6.04 Å². The van der Waals surface area contributed by atoms with Gasteiger partial charge in [-0.2, -0.15) is 5.10 Å². The molecule has 20 heavy (non-hydrogen) atoms. The highest BCUT2D eigenvalue weighted by Crippen LogP contribution is 2.20. The minimum atomic E-state index is 0.276. The minimum absolute atomic E-state index is 0.276. The van der Waals surface area contributed by atoms with Crippen LogP contribution in [0.3, 0.4) is 0 Å². The predicted octanol–water partition coefficient (Wildman–Crippen LogP) is 3.34. The van der Waals surface area contributed by atoms with Crippen LogP contribution >= 0.6 is 15.9 Å². The third kappa shape index (κ3) is 3.90. The molecule has 0 radical (unpaired) electrons. The normalized spacial score (nSPS) is 12.6. The average molecular weight is 337 g/mol. The first-order valence-electron chi connectivity index (χ1n) is 7.10. The Morgan fingerprint density at radius 2 is 2.00 bits per heavy atom. The molecule has 5 heteroatoms. The van der Waals surface area contributed by atoms with Crippen molar-refractivity contribution in [3.63, 3.8) is 0 Å². The number of aromatic nitrogens is 3. The highest BCUT2D eigenvalue weighted by Gasteiger charge is 2.15. The van der Waals surface area contributed by atoms with Crippen molar-refractivity contribution in [2.75, 3.05) is 6.54 Å².